The molecule has 5 nitrogen and oxygen atoms in total. The lowest BCUT2D eigenvalue weighted by Crippen LogP contribution is -2.28. The summed E-state index contributed by atoms with van der Waals surface area (Å²) in [7, 11) is 0. The van der Waals surface area contributed by atoms with Crippen molar-refractivity contribution in [3.63, 3.8) is 0 Å². The lowest BCUT2D eigenvalue weighted by Gasteiger charge is -2.16. The first-order chi connectivity index (χ1) is 12.4. The largest absolute Gasteiger partial charge is 0.481 e. The molecule has 5 heteroatoms. The maximum atomic E-state index is 11.9. The Kier molecular flexibility index (Phi) is 5.26. The maximum absolute atomic E-state index is 11.9. The molecule has 3 rings (SSSR count). The van der Waals surface area contributed by atoms with E-state index >= 15 is 0 Å². The summed E-state index contributed by atoms with van der Waals surface area (Å²) in [6, 6.07) is 13.9. The van der Waals surface area contributed by atoms with E-state index in [1.54, 1.807) is 4.90 Å². The minimum Gasteiger partial charge on any atom is -0.481 e. The van der Waals surface area contributed by atoms with Gasteiger partial charge < -0.3 is 14.7 Å². The third-order valence-corrected chi connectivity index (χ3v) is 4.72. The molecule has 1 heterocycles. The van der Waals surface area contributed by atoms with E-state index in [0.29, 0.717) is 19.5 Å². The third kappa shape index (κ3) is 4.23. The van der Waals surface area contributed by atoms with Crippen LogP contribution in [0.4, 0.5) is 0 Å². The molecule has 2 aromatic rings. The molecular formula is C21H23NO4. The van der Waals surface area contributed by atoms with E-state index < -0.39 is 11.9 Å². The summed E-state index contributed by atoms with van der Waals surface area (Å²) >= 11 is 0. The average Bonchev–Trinajstić information content (AvgIpc) is 2.98. The zero-order valence-corrected chi connectivity index (χ0v) is 15.1. The topological polar surface area (TPSA) is 66.8 Å². The highest BCUT2D eigenvalue weighted by Gasteiger charge is 2.33. The van der Waals surface area contributed by atoms with Crippen molar-refractivity contribution in [2.45, 2.75) is 26.7 Å². The molecule has 0 spiro atoms. The molecule has 1 aliphatic heterocycles. The molecule has 0 radical (unpaired) electrons. The van der Waals surface area contributed by atoms with Crippen LogP contribution in [-0.4, -0.2) is 35.0 Å². The van der Waals surface area contributed by atoms with E-state index in [2.05, 4.69) is 13.0 Å². The van der Waals surface area contributed by atoms with Crippen molar-refractivity contribution in [1.82, 2.24) is 4.90 Å². The fourth-order valence-corrected chi connectivity index (χ4v) is 3.18. The van der Waals surface area contributed by atoms with Gasteiger partial charge in [0, 0.05) is 19.5 Å². The second-order valence-corrected chi connectivity index (χ2v) is 6.84. The number of carbonyl (C=O) groups is 2. The number of hydrogen-bond acceptors (Lipinski definition) is 3. The molecule has 1 saturated heterocycles. The Labute approximate surface area is 153 Å². The van der Waals surface area contributed by atoms with Crippen molar-refractivity contribution in [2.75, 3.05) is 13.1 Å². The second-order valence-electron chi connectivity index (χ2n) is 6.84. The number of carboxylic acid groups (broad SMARTS) is 1. The van der Waals surface area contributed by atoms with E-state index in [0.717, 1.165) is 22.6 Å². The maximum Gasteiger partial charge on any atom is 0.308 e. The number of aliphatic carboxylic acids is 1. The van der Waals surface area contributed by atoms with Crippen molar-refractivity contribution < 1.29 is 19.4 Å². The number of ether oxygens (including phenoxy) is 1. The first-order valence-corrected chi connectivity index (χ1v) is 8.77. The van der Waals surface area contributed by atoms with Gasteiger partial charge in [0.2, 0.25) is 5.91 Å². The Balaban J connectivity index is 1.56. The molecule has 1 atom stereocenters. The van der Waals surface area contributed by atoms with Crippen molar-refractivity contribution in [3.05, 3.63) is 59.2 Å². The van der Waals surface area contributed by atoms with Crippen molar-refractivity contribution in [2.24, 2.45) is 5.92 Å². The summed E-state index contributed by atoms with van der Waals surface area (Å²) < 4.78 is 5.92. The van der Waals surface area contributed by atoms with Gasteiger partial charge >= 0.3 is 5.97 Å². The Morgan fingerprint density at radius 2 is 1.92 bits per heavy atom. The molecule has 0 aromatic heterocycles. The Bertz CT molecular complexity index is 813. The standard InChI is InChI=1S/C21H23NO4/c1-14-3-8-19(15(2)11-14)26-18-6-4-16(5-7-18)9-10-22-13-17(21(24)25)12-20(22)23/h3-8,11,17H,9-10,12-13H2,1-2H3,(H,24,25). The molecular weight excluding hydrogens is 330 g/mol. The van der Waals surface area contributed by atoms with Crippen LogP contribution >= 0.6 is 0 Å². The molecule has 0 bridgehead atoms. The first-order valence-electron chi connectivity index (χ1n) is 8.77. The van der Waals surface area contributed by atoms with Crippen molar-refractivity contribution >= 4 is 11.9 Å². The number of benzene rings is 2. The number of amides is 1. The van der Waals surface area contributed by atoms with Gasteiger partial charge in [0.25, 0.3) is 0 Å². The van der Waals surface area contributed by atoms with Gasteiger partial charge in [0.1, 0.15) is 11.5 Å². The summed E-state index contributed by atoms with van der Waals surface area (Å²) in [4.78, 5) is 24.5. The molecule has 26 heavy (non-hydrogen) atoms. The van der Waals surface area contributed by atoms with Crippen molar-refractivity contribution in [1.29, 1.82) is 0 Å². The number of likely N-dealkylation sites (tertiary alicyclic amines) is 1. The minimum atomic E-state index is -0.895. The fraction of sp³-hybridized carbons (Fsp3) is 0.333. The molecule has 1 unspecified atom stereocenters. The molecule has 1 aliphatic rings. The summed E-state index contributed by atoms with van der Waals surface area (Å²) in [5, 5.41) is 9.03. The van der Waals surface area contributed by atoms with Gasteiger partial charge in [-0.1, -0.05) is 29.8 Å². The van der Waals surface area contributed by atoms with Crippen LogP contribution in [0, 0.1) is 19.8 Å². The van der Waals surface area contributed by atoms with Crippen molar-refractivity contribution in [3.8, 4) is 11.5 Å². The zero-order valence-electron chi connectivity index (χ0n) is 15.1. The number of rotatable bonds is 6. The lowest BCUT2D eigenvalue weighted by molar-refractivity contribution is -0.141. The highest BCUT2D eigenvalue weighted by molar-refractivity contribution is 5.86. The zero-order chi connectivity index (χ0) is 18.7. The number of aryl methyl sites for hydroxylation is 2. The van der Waals surface area contributed by atoms with Crippen LogP contribution in [0.5, 0.6) is 11.5 Å². The molecule has 1 fully saturated rings. The van der Waals surface area contributed by atoms with Crippen LogP contribution in [0.3, 0.4) is 0 Å². The van der Waals surface area contributed by atoms with Gasteiger partial charge in [-0.3, -0.25) is 9.59 Å². The highest BCUT2D eigenvalue weighted by atomic mass is 16.5. The smallest absolute Gasteiger partial charge is 0.308 e. The lowest BCUT2D eigenvalue weighted by atomic mass is 10.1. The number of hydrogen-bond donors (Lipinski definition) is 1. The highest BCUT2D eigenvalue weighted by Crippen LogP contribution is 2.26. The summed E-state index contributed by atoms with van der Waals surface area (Å²) in [6.45, 7) is 4.92. The number of carbonyl (C=O) groups excluding carboxylic acids is 1. The summed E-state index contributed by atoms with van der Waals surface area (Å²) in [6.07, 6.45) is 0.805. The first kappa shape index (κ1) is 18.0. The van der Waals surface area contributed by atoms with E-state index in [4.69, 9.17) is 9.84 Å². The quantitative estimate of drug-likeness (QED) is 0.862. The fourth-order valence-electron chi connectivity index (χ4n) is 3.18. The molecule has 136 valence electrons. The Morgan fingerprint density at radius 1 is 1.19 bits per heavy atom. The van der Waals surface area contributed by atoms with Gasteiger partial charge in [0.15, 0.2) is 0 Å². The molecule has 1 N–H and O–H groups in total. The van der Waals surface area contributed by atoms with E-state index in [9.17, 15) is 9.59 Å². The van der Waals surface area contributed by atoms with Crippen LogP contribution < -0.4 is 4.74 Å². The summed E-state index contributed by atoms with van der Waals surface area (Å²) in [5.74, 6) is 0.0617. The number of carboxylic acids is 1. The van der Waals surface area contributed by atoms with E-state index in [-0.39, 0.29) is 12.3 Å². The second kappa shape index (κ2) is 7.60. The normalized spacial score (nSPS) is 16.8. The van der Waals surface area contributed by atoms with E-state index in [1.807, 2.05) is 43.3 Å². The van der Waals surface area contributed by atoms with Crippen LogP contribution in [0.15, 0.2) is 42.5 Å². The molecule has 0 saturated carbocycles. The number of nitrogens with zero attached hydrogens (tertiary/aromatic N) is 1. The Hall–Kier alpha value is -2.82. The van der Waals surface area contributed by atoms with Gasteiger partial charge in [-0.25, -0.2) is 0 Å². The van der Waals surface area contributed by atoms with Gasteiger partial charge in [-0.15, -0.1) is 0 Å². The third-order valence-electron chi connectivity index (χ3n) is 4.72. The predicted molar refractivity (Wildman–Crippen MR) is 98.5 cm³/mol. The van der Waals surface area contributed by atoms with Crippen LogP contribution in [0.1, 0.15) is 23.1 Å². The molecule has 1 amide bonds. The van der Waals surface area contributed by atoms with Gasteiger partial charge in [-0.2, -0.15) is 0 Å². The predicted octanol–water partition coefficient (Wildman–Crippen LogP) is 3.57. The van der Waals surface area contributed by atoms with Gasteiger partial charge in [0.05, 0.1) is 5.92 Å². The van der Waals surface area contributed by atoms with Gasteiger partial charge in [-0.05, 0) is 49.6 Å². The molecule has 2 aromatic carbocycles. The van der Waals surface area contributed by atoms with Crippen LogP contribution in [0.25, 0.3) is 0 Å². The minimum absolute atomic E-state index is 0.0767. The average molecular weight is 353 g/mol. The molecule has 0 aliphatic carbocycles. The monoisotopic (exact) mass is 353 g/mol. The van der Waals surface area contributed by atoms with Crippen LogP contribution in [-0.2, 0) is 16.0 Å². The van der Waals surface area contributed by atoms with Crippen LogP contribution in [0.2, 0.25) is 0 Å². The van der Waals surface area contributed by atoms with E-state index in [1.165, 1.54) is 5.56 Å². The Morgan fingerprint density at radius 3 is 2.54 bits per heavy atom. The summed E-state index contributed by atoms with van der Waals surface area (Å²) in [5.41, 5.74) is 3.38. The SMILES string of the molecule is Cc1ccc(Oc2ccc(CCN3CC(C(=O)O)CC3=O)cc2)c(C)c1.